The summed E-state index contributed by atoms with van der Waals surface area (Å²) in [5.74, 6) is 0.931. The van der Waals surface area contributed by atoms with Crippen LogP contribution in [-0.2, 0) is 0 Å². The number of β-amino-alcohol motifs (C(OH)–C–C–N with tert-alkyl or cyclic N) is 1. The van der Waals surface area contributed by atoms with Crippen LogP contribution in [-0.4, -0.2) is 35.1 Å². The van der Waals surface area contributed by atoms with E-state index in [0.29, 0.717) is 0 Å². The molecular weight excluding hydrogens is 142 g/mol. The summed E-state index contributed by atoms with van der Waals surface area (Å²) in [6, 6.07) is 0. The van der Waals surface area contributed by atoms with Crippen molar-refractivity contribution in [3.05, 3.63) is 0 Å². The van der Waals surface area contributed by atoms with Crippen molar-refractivity contribution in [3.8, 4) is 0 Å². The van der Waals surface area contributed by atoms with Gasteiger partial charge in [0.2, 0.25) is 0 Å². The van der Waals surface area contributed by atoms with Gasteiger partial charge in [0.05, 0.1) is 12.0 Å². The standard InChI is InChI=1S/C4H9NOS2/c6-4-1-5(2-4)3-8-7/h4,6-7H,1-3H2. The predicted molar refractivity (Wildman–Crippen MR) is 39.0 cm³/mol. The van der Waals surface area contributed by atoms with Crippen LogP contribution in [0.5, 0.6) is 0 Å². The van der Waals surface area contributed by atoms with Crippen molar-refractivity contribution in [1.82, 2.24) is 4.90 Å². The summed E-state index contributed by atoms with van der Waals surface area (Å²) in [5, 5.41) is 8.77. The van der Waals surface area contributed by atoms with E-state index in [-0.39, 0.29) is 6.10 Å². The van der Waals surface area contributed by atoms with Crippen LogP contribution >= 0.6 is 22.5 Å². The number of thiol groups is 1. The van der Waals surface area contributed by atoms with E-state index in [4.69, 9.17) is 5.11 Å². The lowest BCUT2D eigenvalue weighted by atomic mass is 10.2. The van der Waals surface area contributed by atoms with Crippen molar-refractivity contribution in [3.63, 3.8) is 0 Å². The molecule has 1 fully saturated rings. The maximum absolute atomic E-state index is 8.77. The normalized spacial score (nSPS) is 23.2. The van der Waals surface area contributed by atoms with E-state index in [9.17, 15) is 0 Å². The maximum Gasteiger partial charge on any atom is 0.0794 e. The largest absolute Gasteiger partial charge is 0.390 e. The van der Waals surface area contributed by atoms with Crippen molar-refractivity contribution in [1.29, 1.82) is 0 Å². The van der Waals surface area contributed by atoms with Gasteiger partial charge in [0.15, 0.2) is 0 Å². The SMILES string of the molecule is OC1CN(CSS)C1. The molecule has 0 spiro atoms. The van der Waals surface area contributed by atoms with Gasteiger partial charge < -0.3 is 5.11 Å². The van der Waals surface area contributed by atoms with Crippen LogP contribution in [0.3, 0.4) is 0 Å². The first-order valence-corrected chi connectivity index (χ1v) is 4.53. The van der Waals surface area contributed by atoms with E-state index >= 15 is 0 Å². The zero-order valence-electron chi connectivity index (χ0n) is 4.45. The van der Waals surface area contributed by atoms with Crippen LogP contribution in [0.25, 0.3) is 0 Å². The smallest absolute Gasteiger partial charge is 0.0794 e. The Morgan fingerprint density at radius 1 is 1.75 bits per heavy atom. The zero-order valence-corrected chi connectivity index (χ0v) is 6.16. The summed E-state index contributed by atoms with van der Waals surface area (Å²) in [7, 11) is 1.50. The van der Waals surface area contributed by atoms with E-state index in [1.54, 1.807) is 0 Å². The fourth-order valence-corrected chi connectivity index (χ4v) is 1.59. The van der Waals surface area contributed by atoms with E-state index in [0.717, 1.165) is 19.0 Å². The van der Waals surface area contributed by atoms with Crippen molar-refractivity contribution >= 4 is 22.5 Å². The van der Waals surface area contributed by atoms with Crippen molar-refractivity contribution in [2.75, 3.05) is 19.0 Å². The Morgan fingerprint density at radius 2 is 2.38 bits per heavy atom. The number of hydrogen-bond donors (Lipinski definition) is 2. The summed E-state index contributed by atoms with van der Waals surface area (Å²) in [6.07, 6.45) is -0.0736. The number of aliphatic hydroxyl groups excluding tert-OH is 1. The van der Waals surface area contributed by atoms with Gasteiger partial charge in [-0.3, -0.25) is 4.90 Å². The lowest BCUT2D eigenvalue weighted by Crippen LogP contribution is -2.49. The summed E-state index contributed by atoms with van der Waals surface area (Å²) < 4.78 is 0. The van der Waals surface area contributed by atoms with Crippen molar-refractivity contribution < 1.29 is 5.11 Å². The Hall–Kier alpha value is 0.620. The first-order chi connectivity index (χ1) is 3.83. The molecule has 4 heteroatoms. The minimum Gasteiger partial charge on any atom is -0.390 e. The van der Waals surface area contributed by atoms with Gasteiger partial charge in [-0.15, -0.1) is 11.7 Å². The van der Waals surface area contributed by atoms with Crippen LogP contribution in [0.4, 0.5) is 0 Å². The molecule has 1 N–H and O–H groups in total. The highest BCUT2D eigenvalue weighted by molar-refractivity contribution is 8.68. The molecule has 1 heterocycles. The molecule has 0 amide bonds. The molecule has 0 atom stereocenters. The molecular formula is C4H9NOS2. The molecule has 0 aromatic heterocycles. The van der Waals surface area contributed by atoms with Gasteiger partial charge in [0.1, 0.15) is 0 Å². The van der Waals surface area contributed by atoms with Gasteiger partial charge in [0.25, 0.3) is 0 Å². The Morgan fingerprint density at radius 3 is 2.75 bits per heavy atom. The highest BCUT2D eigenvalue weighted by Crippen LogP contribution is 2.14. The van der Waals surface area contributed by atoms with Crippen LogP contribution < -0.4 is 0 Å². The summed E-state index contributed by atoms with van der Waals surface area (Å²) in [6.45, 7) is 1.65. The Kier molecular flexibility index (Phi) is 2.49. The zero-order chi connectivity index (χ0) is 5.98. The average Bonchev–Trinajstić information content (AvgIpc) is 1.64. The van der Waals surface area contributed by atoms with Crippen LogP contribution in [0.2, 0.25) is 0 Å². The van der Waals surface area contributed by atoms with Crippen molar-refractivity contribution in [2.45, 2.75) is 6.10 Å². The van der Waals surface area contributed by atoms with Crippen LogP contribution in [0, 0.1) is 0 Å². The topological polar surface area (TPSA) is 23.5 Å². The fraction of sp³-hybridized carbons (Fsp3) is 1.00. The second-order valence-electron chi connectivity index (χ2n) is 1.95. The Balaban J connectivity index is 1.98. The molecule has 0 aromatic carbocycles. The van der Waals surface area contributed by atoms with Crippen molar-refractivity contribution in [2.24, 2.45) is 0 Å². The predicted octanol–water partition coefficient (Wildman–Crippen LogP) is 0.198. The number of aliphatic hydroxyl groups is 1. The molecule has 8 heavy (non-hydrogen) atoms. The van der Waals surface area contributed by atoms with Gasteiger partial charge in [-0.25, -0.2) is 0 Å². The quantitative estimate of drug-likeness (QED) is 0.435. The molecule has 0 saturated carbocycles. The number of nitrogens with zero attached hydrogens (tertiary/aromatic N) is 1. The van der Waals surface area contributed by atoms with Crippen LogP contribution in [0.15, 0.2) is 0 Å². The van der Waals surface area contributed by atoms with Crippen LogP contribution in [0.1, 0.15) is 0 Å². The number of hydrogen-bond acceptors (Lipinski definition) is 4. The van der Waals surface area contributed by atoms with Gasteiger partial charge in [-0.05, 0) is 0 Å². The maximum atomic E-state index is 8.77. The van der Waals surface area contributed by atoms with Gasteiger partial charge in [-0.1, -0.05) is 10.8 Å². The first kappa shape index (κ1) is 6.74. The highest BCUT2D eigenvalue weighted by atomic mass is 33.1. The first-order valence-electron chi connectivity index (χ1n) is 2.49. The average molecular weight is 151 g/mol. The van der Waals surface area contributed by atoms with E-state index in [1.165, 1.54) is 10.8 Å². The molecule has 0 aliphatic carbocycles. The molecule has 0 unspecified atom stereocenters. The number of likely N-dealkylation sites (tertiary alicyclic amines) is 1. The number of rotatable bonds is 2. The van der Waals surface area contributed by atoms with Gasteiger partial charge in [-0.2, -0.15) is 0 Å². The third-order valence-electron chi connectivity index (χ3n) is 1.18. The highest BCUT2D eigenvalue weighted by Gasteiger charge is 2.22. The fourth-order valence-electron chi connectivity index (χ4n) is 0.730. The van der Waals surface area contributed by atoms with E-state index in [1.807, 2.05) is 0 Å². The Bertz CT molecular complexity index is 71.7. The molecule has 0 radical (unpaired) electrons. The lowest BCUT2D eigenvalue weighted by molar-refractivity contribution is 0.0155. The summed E-state index contributed by atoms with van der Waals surface area (Å²) in [5.41, 5.74) is 0. The third kappa shape index (κ3) is 1.55. The van der Waals surface area contributed by atoms with E-state index < -0.39 is 0 Å². The molecule has 1 aliphatic rings. The second kappa shape index (κ2) is 2.96. The molecule has 48 valence electrons. The van der Waals surface area contributed by atoms with Gasteiger partial charge >= 0.3 is 0 Å². The summed E-state index contributed by atoms with van der Waals surface area (Å²) >= 11 is 3.97. The molecule has 1 rings (SSSR count). The van der Waals surface area contributed by atoms with Gasteiger partial charge in [0, 0.05) is 13.1 Å². The second-order valence-corrected chi connectivity index (χ2v) is 3.24. The molecule has 1 saturated heterocycles. The molecule has 2 nitrogen and oxygen atoms in total. The molecule has 0 aromatic rings. The molecule has 0 bridgehead atoms. The Labute approximate surface area is 58.1 Å². The monoisotopic (exact) mass is 151 g/mol. The third-order valence-corrected chi connectivity index (χ3v) is 2.01. The summed E-state index contributed by atoms with van der Waals surface area (Å²) in [4.78, 5) is 2.14. The molecule has 1 aliphatic heterocycles. The van der Waals surface area contributed by atoms with E-state index in [2.05, 4.69) is 16.6 Å². The minimum absolute atomic E-state index is 0.0736. The minimum atomic E-state index is -0.0736. The lowest BCUT2D eigenvalue weighted by Gasteiger charge is -2.34.